The first-order chi connectivity index (χ1) is 15.6. The Morgan fingerprint density at radius 2 is 1.97 bits per heavy atom. The lowest BCUT2D eigenvalue weighted by Gasteiger charge is -2.25. The van der Waals surface area contributed by atoms with Gasteiger partial charge in [0.05, 0.1) is 26.5 Å². The Morgan fingerprint density at radius 1 is 1.09 bits per heavy atom. The molecule has 0 spiro atoms. The summed E-state index contributed by atoms with van der Waals surface area (Å²) in [5.74, 6) is 2.94. The molecule has 2 amide bonds. The molecular formula is C24H29N5O3. The van der Waals surface area contributed by atoms with E-state index in [-0.39, 0.29) is 12.6 Å². The first-order valence-electron chi connectivity index (χ1n) is 10.9. The van der Waals surface area contributed by atoms with Crippen molar-refractivity contribution in [1.29, 1.82) is 0 Å². The quantitative estimate of drug-likeness (QED) is 0.613. The molecule has 168 valence electrons. The predicted molar refractivity (Wildman–Crippen MR) is 124 cm³/mol. The number of aryl methyl sites for hydroxylation is 2. The lowest BCUT2D eigenvalue weighted by molar-refractivity contribution is 0.256. The molecule has 1 aliphatic rings. The maximum atomic E-state index is 13.5. The van der Waals surface area contributed by atoms with Gasteiger partial charge in [0.2, 0.25) is 0 Å². The topological polar surface area (TPSA) is 81.5 Å². The number of hydrogen-bond acceptors (Lipinski definition) is 5. The van der Waals surface area contributed by atoms with Crippen molar-refractivity contribution < 1.29 is 14.3 Å². The van der Waals surface area contributed by atoms with Gasteiger partial charge < -0.3 is 19.4 Å². The van der Waals surface area contributed by atoms with Crippen LogP contribution in [0.15, 0.2) is 42.5 Å². The van der Waals surface area contributed by atoms with Crippen LogP contribution in [0.25, 0.3) is 0 Å². The molecule has 2 aromatic carbocycles. The predicted octanol–water partition coefficient (Wildman–Crippen LogP) is 4.57. The Kier molecular flexibility index (Phi) is 6.58. The molecule has 0 saturated heterocycles. The number of anilines is 2. The average Bonchev–Trinajstić information content (AvgIpc) is 3.02. The maximum absolute atomic E-state index is 13.5. The summed E-state index contributed by atoms with van der Waals surface area (Å²) >= 11 is 0. The first kappa shape index (κ1) is 21.7. The number of carbonyl (C=O) groups excluding carboxylic acids is 1. The van der Waals surface area contributed by atoms with Crippen LogP contribution in [0.3, 0.4) is 0 Å². The van der Waals surface area contributed by atoms with E-state index >= 15 is 0 Å². The van der Waals surface area contributed by atoms with Crippen molar-refractivity contribution in [3.63, 3.8) is 0 Å². The summed E-state index contributed by atoms with van der Waals surface area (Å²) in [5, 5.41) is 11.8. The molecule has 0 bridgehead atoms. The van der Waals surface area contributed by atoms with Gasteiger partial charge in [0, 0.05) is 24.7 Å². The van der Waals surface area contributed by atoms with E-state index in [1.165, 1.54) is 6.42 Å². The highest BCUT2D eigenvalue weighted by Crippen LogP contribution is 2.34. The lowest BCUT2D eigenvalue weighted by atomic mass is 10.2. The Bertz CT molecular complexity index is 1090. The van der Waals surface area contributed by atoms with Gasteiger partial charge in [-0.15, -0.1) is 10.2 Å². The molecule has 2 heterocycles. The molecule has 1 aliphatic heterocycles. The second-order valence-electron chi connectivity index (χ2n) is 7.92. The van der Waals surface area contributed by atoms with E-state index in [1.807, 2.05) is 43.3 Å². The fourth-order valence-corrected chi connectivity index (χ4v) is 3.99. The number of rotatable bonds is 6. The van der Waals surface area contributed by atoms with Crippen LogP contribution < -0.4 is 19.7 Å². The van der Waals surface area contributed by atoms with Crippen LogP contribution in [0.4, 0.5) is 16.2 Å². The van der Waals surface area contributed by atoms with Gasteiger partial charge in [-0.2, -0.15) is 0 Å². The summed E-state index contributed by atoms with van der Waals surface area (Å²) in [4.78, 5) is 15.1. The average molecular weight is 436 g/mol. The van der Waals surface area contributed by atoms with E-state index in [9.17, 15) is 4.79 Å². The van der Waals surface area contributed by atoms with Crippen LogP contribution in [0.1, 0.15) is 36.5 Å². The summed E-state index contributed by atoms with van der Waals surface area (Å²) in [6, 6.07) is 12.9. The molecule has 32 heavy (non-hydrogen) atoms. The highest BCUT2D eigenvalue weighted by molar-refractivity contribution is 6.02. The molecular weight excluding hydrogens is 406 g/mol. The molecule has 0 aliphatic carbocycles. The minimum Gasteiger partial charge on any atom is -0.497 e. The number of urea groups is 1. The minimum atomic E-state index is -0.273. The highest BCUT2D eigenvalue weighted by Gasteiger charge is 2.24. The van der Waals surface area contributed by atoms with E-state index in [1.54, 1.807) is 25.2 Å². The van der Waals surface area contributed by atoms with Crippen molar-refractivity contribution in [2.75, 3.05) is 24.4 Å². The van der Waals surface area contributed by atoms with Gasteiger partial charge in [-0.1, -0.05) is 18.6 Å². The zero-order valence-electron chi connectivity index (χ0n) is 18.8. The minimum absolute atomic E-state index is 0.271. The Labute approximate surface area is 188 Å². The zero-order valence-corrected chi connectivity index (χ0v) is 18.8. The Balaban J connectivity index is 1.70. The van der Waals surface area contributed by atoms with E-state index in [0.29, 0.717) is 17.2 Å². The van der Waals surface area contributed by atoms with Crippen LogP contribution in [0.2, 0.25) is 0 Å². The SMILES string of the molecule is COc1ccc(N(Cc2nnc3n2CCCCC3)C(=O)Nc2cccc(C)c2)c(OC)c1. The van der Waals surface area contributed by atoms with Gasteiger partial charge in [-0.25, -0.2) is 4.79 Å². The number of nitrogens with zero attached hydrogens (tertiary/aromatic N) is 4. The standard InChI is InChI=1S/C24H29N5O3/c1-17-8-7-9-18(14-17)25-24(30)29(20-12-11-19(31-2)15-21(20)32-3)16-23-27-26-22-10-5-4-6-13-28(22)23/h7-9,11-12,14-15H,4-6,10,13,16H2,1-3H3,(H,25,30). The molecule has 1 aromatic heterocycles. The normalized spacial score (nSPS) is 13.1. The summed E-state index contributed by atoms with van der Waals surface area (Å²) in [5.41, 5.74) is 2.43. The highest BCUT2D eigenvalue weighted by atomic mass is 16.5. The van der Waals surface area contributed by atoms with Gasteiger partial charge in [0.1, 0.15) is 17.3 Å². The summed E-state index contributed by atoms with van der Waals surface area (Å²) in [6.07, 6.45) is 4.28. The van der Waals surface area contributed by atoms with Gasteiger partial charge >= 0.3 is 6.03 Å². The van der Waals surface area contributed by atoms with Crippen molar-refractivity contribution in [3.05, 3.63) is 59.7 Å². The van der Waals surface area contributed by atoms with E-state index in [0.717, 1.165) is 48.7 Å². The first-order valence-corrected chi connectivity index (χ1v) is 10.9. The monoisotopic (exact) mass is 435 g/mol. The Morgan fingerprint density at radius 3 is 2.75 bits per heavy atom. The number of aromatic nitrogens is 3. The third-order valence-corrected chi connectivity index (χ3v) is 5.68. The number of carbonyl (C=O) groups is 1. The third-order valence-electron chi connectivity index (χ3n) is 5.68. The van der Waals surface area contributed by atoms with Gasteiger partial charge in [-0.3, -0.25) is 4.90 Å². The molecule has 8 heteroatoms. The van der Waals surface area contributed by atoms with E-state index < -0.39 is 0 Å². The van der Waals surface area contributed by atoms with Gasteiger partial charge in [0.15, 0.2) is 5.82 Å². The van der Waals surface area contributed by atoms with Crippen LogP contribution >= 0.6 is 0 Å². The third kappa shape index (κ3) is 4.69. The van der Waals surface area contributed by atoms with Crippen LogP contribution in [0, 0.1) is 6.92 Å². The van der Waals surface area contributed by atoms with Gasteiger partial charge in [0.25, 0.3) is 0 Å². The summed E-state index contributed by atoms with van der Waals surface area (Å²) in [6.45, 7) is 3.13. The molecule has 3 aromatic rings. The fraction of sp³-hybridized carbons (Fsp3) is 0.375. The van der Waals surface area contributed by atoms with Crippen LogP contribution in [-0.4, -0.2) is 35.0 Å². The second-order valence-corrected chi connectivity index (χ2v) is 7.92. The van der Waals surface area contributed by atoms with Crippen LogP contribution in [-0.2, 0) is 19.5 Å². The molecule has 0 fully saturated rings. The van der Waals surface area contributed by atoms with E-state index in [4.69, 9.17) is 9.47 Å². The van der Waals surface area contributed by atoms with Crippen molar-refractivity contribution in [1.82, 2.24) is 14.8 Å². The molecule has 0 unspecified atom stereocenters. The van der Waals surface area contributed by atoms with E-state index in [2.05, 4.69) is 20.1 Å². The number of amides is 2. The smallest absolute Gasteiger partial charge is 0.326 e. The summed E-state index contributed by atoms with van der Waals surface area (Å²) in [7, 11) is 3.18. The van der Waals surface area contributed by atoms with Crippen molar-refractivity contribution in [2.24, 2.45) is 0 Å². The molecule has 0 radical (unpaired) electrons. The van der Waals surface area contributed by atoms with Crippen molar-refractivity contribution in [2.45, 2.75) is 45.7 Å². The maximum Gasteiger partial charge on any atom is 0.326 e. The molecule has 0 saturated carbocycles. The fourth-order valence-electron chi connectivity index (χ4n) is 3.99. The number of benzene rings is 2. The van der Waals surface area contributed by atoms with Crippen LogP contribution in [0.5, 0.6) is 11.5 Å². The van der Waals surface area contributed by atoms with Crippen molar-refractivity contribution in [3.8, 4) is 11.5 Å². The number of nitrogens with one attached hydrogen (secondary N) is 1. The van der Waals surface area contributed by atoms with Crippen molar-refractivity contribution >= 4 is 17.4 Å². The van der Waals surface area contributed by atoms with Gasteiger partial charge in [-0.05, 0) is 49.6 Å². The molecule has 4 rings (SSSR count). The molecule has 0 atom stereocenters. The zero-order chi connectivity index (χ0) is 22.5. The second kappa shape index (κ2) is 9.72. The lowest BCUT2D eigenvalue weighted by Crippen LogP contribution is -2.36. The summed E-state index contributed by atoms with van der Waals surface area (Å²) < 4.78 is 13.1. The Hall–Kier alpha value is -3.55. The molecule has 1 N–H and O–H groups in total. The number of methoxy groups -OCH3 is 2. The number of fused-ring (bicyclic) bond motifs is 1. The number of ether oxygens (including phenoxy) is 2. The molecule has 8 nitrogen and oxygen atoms in total. The number of hydrogen-bond donors (Lipinski definition) is 1. The largest absolute Gasteiger partial charge is 0.497 e.